The van der Waals surface area contributed by atoms with E-state index in [2.05, 4.69) is 15.3 Å². The van der Waals surface area contributed by atoms with Gasteiger partial charge in [0.05, 0.1) is 10.9 Å². The maximum atomic E-state index is 5.81. The number of thiophene rings is 1. The molecule has 2 rings (SSSR count). The lowest BCUT2D eigenvalue weighted by atomic mass is 10.5. The Morgan fingerprint density at radius 1 is 1.57 bits per heavy atom. The highest BCUT2D eigenvalue weighted by molar-refractivity contribution is 7.16. The molecule has 0 atom stereocenters. The fourth-order valence-corrected chi connectivity index (χ4v) is 2.15. The van der Waals surface area contributed by atoms with Gasteiger partial charge in [0.15, 0.2) is 0 Å². The lowest BCUT2D eigenvalue weighted by molar-refractivity contribution is 1.11. The Morgan fingerprint density at radius 3 is 3.00 bits per heavy atom. The van der Waals surface area contributed by atoms with Crippen LogP contribution in [-0.4, -0.2) is 9.97 Å². The molecule has 0 aliphatic carbocycles. The SMILES string of the molecule is Cc1cnc(NCc2ccc(Cl)s2)[nH]1. The second kappa shape index (κ2) is 4.02. The summed E-state index contributed by atoms with van der Waals surface area (Å²) in [7, 11) is 0. The van der Waals surface area contributed by atoms with E-state index in [9.17, 15) is 0 Å². The second-order valence-corrected chi connectivity index (χ2v) is 4.77. The Labute approximate surface area is 91.1 Å². The van der Waals surface area contributed by atoms with Crippen molar-refractivity contribution in [3.05, 3.63) is 33.2 Å². The summed E-state index contributed by atoms with van der Waals surface area (Å²) in [6.45, 7) is 2.73. The number of aromatic nitrogens is 2. The number of anilines is 1. The number of imidazole rings is 1. The quantitative estimate of drug-likeness (QED) is 0.846. The van der Waals surface area contributed by atoms with E-state index in [-0.39, 0.29) is 0 Å². The Morgan fingerprint density at radius 2 is 2.43 bits per heavy atom. The molecule has 14 heavy (non-hydrogen) atoms. The summed E-state index contributed by atoms with van der Waals surface area (Å²) in [6.07, 6.45) is 1.80. The van der Waals surface area contributed by atoms with Crippen LogP contribution >= 0.6 is 22.9 Å². The molecule has 0 saturated heterocycles. The van der Waals surface area contributed by atoms with Gasteiger partial charge in [0.1, 0.15) is 0 Å². The van der Waals surface area contributed by atoms with Crippen molar-refractivity contribution in [3.63, 3.8) is 0 Å². The first-order valence-corrected chi connectivity index (χ1v) is 5.43. The minimum atomic E-state index is 0.754. The highest BCUT2D eigenvalue weighted by atomic mass is 35.5. The minimum Gasteiger partial charge on any atom is -0.351 e. The number of hydrogen-bond donors (Lipinski definition) is 2. The summed E-state index contributed by atoms with van der Waals surface area (Å²) in [4.78, 5) is 8.44. The van der Waals surface area contributed by atoms with Gasteiger partial charge < -0.3 is 10.3 Å². The molecule has 0 aromatic carbocycles. The Bertz CT molecular complexity index is 381. The van der Waals surface area contributed by atoms with Crippen LogP contribution < -0.4 is 5.32 Å². The molecule has 0 amide bonds. The molecule has 74 valence electrons. The standard InChI is InChI=1S/C9H10ClN3S/c1-6-4-11-9(13-6)12-5-7-2-3-8(10)14-7/h2-4H,5H2,1H3,(H2,11,12,13). The first kappa shape index (κ1) is 9.55. The van der Waals surface area contributed by atoms with Gasteiger partial charge in [-0.25, -0.2) is 4.98 Å². The molecular weight excluding hydrogens is 218 g/mol. The molecule has 0 aliphatic rings. The number of rotatable bonds is 3. The molecule has 0 aliphatic heterocycles. The normalized spacial score (nSPS) is 10.4. The van der Waals surface area contributed by atoms with Crippen LogP contribution in [0.5, 0.6) is 0 Å². The lowest BCUT2D eigenvalue weighted by Gasteiger charge is -1.98. The van der Waals surface area contributed by atoms with Crippen LogP contribution in [0.1, 0.15) is 10.6 Å². The molecule has 3 nitrogen and oxygen atoms in total. The average Bonchev–Trinajstić information content (AvgIpc) is 2.72. The first-order valence-electron chi connectivity index (χ1n) is 4.24. The van der Waals surface area contributed by atoms with Crippen molar-refractivity contribution in [3.8, 4) is 0 Å². The number of nitrogens with zero attached hydrogens (tertiary/aromatic N) is 1. The van der Waals surface area contributed by atoms with Crippen molar-refractivity contribution < 1.29 is 0 Å². The van der Waals surface area contributed by atoms with E-state index in [1.807, 2.05) is 19.1 Å². The molecule has 2 aromatic heterocycles. The van der Waals surface area contributed by atoms with Crippen molar-refractivity contribution in [2.75, 3.05) is 5.32 Å². The monoisotopic (exact) mass is 227 g/mol. The van der Waals surface area contributed by atoms with E-state index in [0.717, 1.165) is 22.5 Å². The summed E-state index contributed by atoms with van der Waals surface area (Å²) in [5.74, 6) is 0.798. The molecule has 2 N–H and O–H groups in total. The molecule has 0 saturated carbocycles. The van der Waals surface area contributed by atoms with Crippen LogP contribution in [0.25, 0.3) is 0 Å². The molecule has 0 unspecified atom stereocenters. The van der Waals surface area contributed by atoms with Crippen molar-refractivity contribution >= 4 is 28.9 Å². The summed E-state index contributed by atoms with van der Waals surface area (Å²) >= 11 is 7.39. The van der Waals surface area contributed by atoms with Gasteiger partial charge in [-0.15, -0.1) is 11.3 Å². The van der Waals surface area contributed by atoms with Gasteiger partial charge in [-0.05, 0) is 19.1 Å². The highest BCUT2D eigenvalue weighted by Gasteiger charge is 1.99. The average molecular weight is 228 g/mol. The second-order valence-electron chi connectivity index (χ2n) is 2.97. The summed E-state index contributed by atoms with van der Waals surface area (Å²) in [5, 5.41) is 3.18. The molecule has 2 heterocycles. The molecule has 0 fully saturated rings. The zero-order chi connectivity index (χ0) is 9.97. The van der Waals surface area contributed by atoms with Crippen molar-refractivity contribution in [1.82, 2.24) is 9.97 Å². The molecule has 0 radical (unpaired) electrons. The van der Waals surface area contributed by atoms with Gasteiger partial charge in [0.2, 0.25) is 5.95 Å². The van der Waals surface area contributed by atoms with Gasteiger partial charge >= 0.3 is 0 Å². The number of aryl methyl sites for hydroxylation is 1. The van der Waals surface area contributed by atoms with Gasteiger partial charge in [-0.3, -0.25) is 0 Å². The third kappa shape index (κ3) is 2.27. The summed E-state index contributed by atoms with van der Waals surface area (Å²) < 4.78 is 0.817. The Balaban J connectivity index is 1.94. The number of nitrogens with one attached hydrogen (secondary N) is 2. The summed E-state index contributed by atoms with van der Waals surface area (Å²) in [5.41, 5.74) is 1.05. The number of H-pyrrole nitrogens is 1. The number of aromatic amines is 1. The third-order valence-electron chi connectivity index (χ3n) is 1.76. The van der Waals surface area contributed by atoms with Crippen LogP contribution in [0.2, 0.25) is 4.34 Å². The predicted molar refractivity (Wildman–Crippen MR) is 60.0 cm³/mol. The maximum Gasteiger partial charge on any atom is 0.200 e. The van der Waals surface area contributed by atoms with Gasteiger partial charge in [-0.2, -0.15) is 0 Å². The van der Waals surface area contributed by atoms with Crippen LogP contribution in [-0.2, 0) is 6.54 Å². The van der Waals surface area contributed by atoms with Gasteiger partial charge in [-0.1, -0.05) is 11.6 Å². The van der Waals surface area contributed by atoms with Crippen LogP contribution in [0, 0.1) is 6.92 Å². The first-order chi connectivity index (χ1) is 6.74. The topological polar surface area (TPSA) is 40.7 Å². The van der Waals surface area contributed by atoms with Crippen LogP contribution in [0.3, 0.4) is 0 Å². The third-order valence-corrected chi connectivity index (χ3v) is 2.99. The number of halogens is 1. The Hall–Kier alpha value is -1.00. The van der Waals surface area contributed by atoms with Crippen LogP contribution in [0.4, 0.5) is 5.95 Å². The largest absolute Gasteiger partial charge is 0.351 e. The maximum absolute atomic E-state index is 5.81. The van der Waals surface area contributed by atoms with E-state index >= 15 is 0 Å². The number of hydrogen-bond acceptors (Lipinski definition) is 3. The zero-order valence-electron chi connectivity index (χ0n) is 7.67. The molecule has 0 spiro atoms. The molecule has 5 heteroatoms. The van der Waals surface area contributed by atoms with Gasteiger partial charge in [0, 0.05) is 16.8 Å². The molecule has 0 bridgehead atoms. The fraction of sp³-hybridized carbons (Fsp3) is 0.222. The van der Waals surface area contributed by atoms with E-state index in [4.69, 9.17) is 11.6 Å². The minimum absolute atomic E-state index is 0.754. The van der Waals surface area contributed by atoms with E-state index < -0.39 is 0 Å². The van der Waals surface area contributed by atoms with Gasteiger partial charge in [0.25, 0.3) is 0 Å². The van der Waals surface area contributed by atoms with Crippen molar-refractivity contribution in [2.45, 2.75) is 13.5 Å². The zero-order valence-corrected chi connectivity index (χ0v) is 9.25. The molecule has 2 aromatic rings. The predicted octanol–water partition coefficient (Wildman–Crippen LogP) is 3.05. The smallest absolute Gasteiger partial charge is 0.200 e. The fourth-order valence-electron chi connectivity index (χ4n) is 1.12. The lowest BCUT2D eigenvalue weighted by Crippen LogP contribution is -1.98. The Kier molecular flexibility index (Phi) is 2.74. The highest BCUT2D eigenvalue weighted by Crippen LogP contribution is 2.21. The van der Waals surface area contributed by atoms with Crippen molar-refractivity contribution in [2.24, 2.45) is 0 Å². The van der Waals surface area contributed by atoms with Crippen molar-refractivity contribution in [1.29, 1.82) is 0 Å². The molecular formula is C9H10ClN3S. The van der Waals surface area contributed by atoms with E-state index in [0.29, 0.717) is 0 Å². The van der Waals surface area contributed by atoms with E-state index in [1.165, 1.54) is 4.88 Å². The summed E-state index contributed by atoms with van der Waals surface area (Å²) in [6, 6.07) is 3.91. The van der Waals surface area contributed by atoms with Crippen LogP contribution in [0.15, 0.2) is 18.3 Å². The van der Waals surface area contributed by atoms with E-state index in [1.54, 1.807) is 17.5 Å².